The first-order valence-corrected chi connectivity index (χ1v) is 9.90. The van der Waals surface area contributed by atoms with E-state index in [1.165, 1.54) is 17.2 Å². The highest BCUT2D eigenvalue weighted by Gasteiger charge is 2.49. The third-order valence-electron chi connectivity index (χ3n) is 4.16. The quantitative estimate of drug-likeness (QED) is 0.344. The lowest BCUT2D eigenvalue weighted by molar-refractivity contribution is -0.0511. The van der Waals surface area contributed by atoms with E-state index in [0.29, 0.717) is 17.6 Å². The minimum absolute atomic E-state index is 0.0313. The molecule has 2 aromatic rings. The van der Waals surface area contributed by atoms with Crippen LogP contribution < -0.4 is 5.73 Å². The monoisotopic (exact) mass is 403 g/mol. The Morgan fingerprint density at radius 1 is 1.41 bits per heavy atom. The van der Waals surface area contributed by atoms with Crippen LogP contribution in [0.15, 0.2) is 12.7 Å². The number of hydrogen-bond acceptors (Lipinski definition) is 10. The summed E-state index contributed by atoms with van der Waals surface area (Å²) in [6.07, 6.45) is -0.894. The SMILES string of the molecule is CCCCOP(=O)(O)OC1C(O)[C@H](n2cnc3c(N)ncnc32)O[C@@H]1CO. The summed E-state index contributed by atoms with van der Waals surface area (Å²) in [5.74, 6) is 0.155. The van der Waals surface area contributed by atoms with E-state index in [4.69, 9.17) is 19.5 Å². The lowest BCUT2D eigenvalue weighted by Crippen LogP contribution is -2.35. The molecular weight excluding hydrogens is 381 g/mol. The first kappa shape index (κ1) is 20.1. The molecule has 0 spiro atoms. The normalized spacial score (nSPS) is 27.9. The first-order valence-electron chi connectivity index (χ1n) is 8.41. The molecule has 0 saturated carbocycles. The molecule has 1 fully saturated rings. The van der Waals surface area contributed by atoms with Gasteiger partial charge in [0.15, 0.2) is 17.7 Å². The van der Waals surface area contributed by atoms with Gasteiger partial charge in [-0.3, -0.25) is 13.6 Å². The second-order valence-electron chi connectivity index (χ2n) is 6.05. The van der Waals surface area contributed by atoms with E-state index >= 15 is 0 Å². The Kier molecular flexibility index (Phi) is 6.06. The van der Waals surface area contributed by atoms with Gasteiger partial charge in [-0.2, -0.15) is 0 Å². The number of unbranched alkanes of at least 4 members (excludes halogenated alkanes) is 1. The molecule has 0 bridgehead atoms. The molecule has 3 heterocycles. The first-order chi connectivity index (χ1) is 12.9. The fourth-order valence-electron chi connectivity index (χ4n) is 2.79. The van der Waals surface area contributed by atoms with Gasteiger partial charge in [-0.1, -0.05) is 13.3 Å². The maximum absolute atomic E-state index is 12.1. The second-order valence-corrected chi connectivity index (χ2v) is 7.45. The van der Waals surface area contributed by atoms with E-state index in [2.05, 4.69) is 15.0 Å². The van der Waals surface area contributed by atoms with Gasteiger partial charge < -0.3 is 25.6 Å². The zero-order valence-electron chi connectivity index (χ0n) is 14.6. The Morgan fingerprint density at radius 3 is 2.89 bits per heavy atom. The van der Waals surface area contributed by atoms with Crippen molar-refractivity contribution in [2.24, 2.45) is 0 Å². The molecule has 1 saturated heterocycles. The van der Waals surface area contributed by atoms with Gasteiger partial charge >= 0.3 is 7.82 Å². The van der Waals surface area contributed by atoms with Crippen LogP contribution in [-0.2, 0) is 18.3 Å². The zero-order valence-corrected chi connectivity index (χ0v) is 15.5. The molecule has 5 atom stereocenters. The summed E-state index contributed by atoms with van der Waals surface area (Å²) in [5.41, 5.74) is 6.36. The van der Waals surface area contributed by atoms with Gasteiger partial charge in [0, 0.05) is 0 Å². The molecule has 1 aliphatic rings. The lowest BCUT2D eigenvalue weighted by atomic mass is 10.1. The molecule has 0 aromatic carbocycles. The minimum Gasteiger partial charge on any atom is -0.394 e. The number of ether oxygens (including phenoxy) is 1. The van der Waals surface area contributed by atoms with Crippen molar-refractivity contribution in [3.63, 3.8) is 0 Å². The highest BCUT2D eigenvalue weighted by Crippen LogP contribution is 2.48. The third-order valence-corrected chi connectivity index (χ3v) is 5.18. The largest absolute Gasteiger partial charge is 0.472 e. The number of nitrogen functional groups attached to an aromatic ring is 1. The van der Waals surface area contributed by atoms with Gasteiger partial charge in [-0.05, 0) is 6.42 Å². The highest BCUT2D eigenvalue weighted by molar-refractivity contribution is 7.47. The summed E-state index contributed by atoms with van der Waals surface area (Å²) < 4.78 is 29.1. The van der Waals surface area contributed by atoms with Gasteiger partial charge in [-0.15, -0.1) is 0 Å². The minimum atomic E-state index is -4.44. The van der Waals surface area contributed by atoms with Crippen molar-refractivity contribution in [2.45, 2.75) is 44.3 Å². The van der Waals surface area contributed by atoms with Crippen LogP contribution >= 0.6 is 7.82 Å². The molecule has 12 nitrogen and oxygen atoms in total. The number of aliphatic hydroxyl groups is 2. The number of anilines is 1. The molecule has 1 aliphatic heterocycles. The Morgan fingerprint density at radius 2 is 2.19 bits per heavy atom. The Hall–Kier alpha value is -1.66. The summed E-state index contributed by atoms with van der Waals surface area (Å²) in [7, 11) is -4.44. The molecule has 150 valence electrons. The van der Waals surface area contributed by atoms with Crippen LogP contribution in [0.2, 0.25) is 0 Å². The Bertz CT molecular complexity index is 833. The predicted octanol–water partition coefficient (Wildman–Crippen LogP) is -0.0386. The van der Waals surface area contributed by atoms with Crippen molar-refractivity contribution in [3.05, 3.63) is 12.7 Å². The molecule has 3 unspecified atom stereocenters. The van der Waals surface area contributed by atoms with Crippen LogP contribution in [0.25, 0.3) is 11.2 Å². The maximum atomic E-state index is 12.1. The fraction of sp³-hybridized carbons (Fsp3) is 0.643. The average molecular weight is 403 g/mol. The van der Waals surface area contributed by atoms with E-state index in [1.807, 2.05) is 6.92 Å². The van der Waals surface area contributed by atoms with Crippen molar-refractivity contribution < 1.29 is 33.5 Å². The van der Waals surface area contributed by atoms with E-state index in [1.54, 1.807) is 0 Å². The van der Waals surface area contributed by atoms with Crippen molar-refractivity contribution in [2.75, 3.05) is 18.9 Å². The van der Waals surface area contributed by atoms with Crippen LogP contribution in [-0.4, -0.2) is 66.2 Å². The molecule has 0 radical (unpaired) electrons. The van der Waals surface area contributed by atoms with Gasteiger partial charge in [0.05, 0.1) is 19.5 Å². The molecular formula is C14H22N5O7P. The van der Waals surface area contributed by atoms with Crippen molar-refractivity contribution in [3.8, 4) is 0 Å². The Labute approximate surface area is 154 Å². The molecule has 13 heteroatoms. The standard InChI is InChI=1S/C14H22N5O7P/c1-2-3-4-24-27(22,23)26-11-8(5-20)25-14(10(11)21)19-7-18-9-12(15)16-6-17-13(9)19/h6-8,10-11,14,20-21H,2-5H2,1H3,(H,22,23)(H2,15,16,17)/t8-,10?,11?,14-/m1/s1. The van der Waals surface area contributed by atoms with E-state index in [-0.39, 0.29) is 12.4 Å². The van der Waals surface area contributed by atoms with E-state index in [9.17, 15) is 19.7 Å². The number of fused-ring (bicyclic) bond motifs is 1. The topological polar surface area (TPSA) is 175 Å². The van der Waals surface area contributed by atoms with Gasteiger partial charge in [0.2, 0.25) is 0 Å². The summed E-state index contributed by atoms with van der Waals surface area (Å²) in [6.45, 7) is 1.39. The molecule has 3 rings (SSSR count). The Balaban J connectivity index is 1.81. The van der Waals surface area contributed by atoms with Gasteiger partial charge in [-0.25, -0.2) is 19.5 Å². The van der Waals surface area contributed by atoms with E-state index < -0.39 is 39.0 Å². The fourth-order valence-corrected chi connectivity index (χ4v) is 3.78. The van der Waals surface area contributed by atoms with Crippen LogP contribution in [0.4, 0.5) is 5.82 Å². The van der Waals surface area contributed by atoms with Crippen LogP contribution in [0.5, 0.6) is 0 Å². The molecule has 2 aromatic heterocycles. The number of nitrogens with zero attached hydrogens (tertiary/aromatic N) is 4. The number of hydrogen-bond donors (Lipinski definition) is 4. The lowest BCUT2D eigenvalue weighted by Gasteiger charge is -2.22. The number of aliphatic hydroxyl groups excluding tert-OH is 2. The summed E-state index contributed by atoms with van der Waals surface area (Å²) in [6, 6.07) is 0. The van der Waals surface area contributed by atoms with Crippen molar-refractivity contribution in [1.82, 2.24) is 19.5 Å². The number of imidazole rings is 1. The number of phosphoric acid groups is 1. The summed E-state index contributed by atoms with van der Waals surface area (Å²) >= 11 is 0. The third kappa shape index (κ3) is 4.11. The number of rotatable bonds is 8. The van der Waals surface area contributed by atoms with Crippen LogP contribution in [0, 0.1) is 0 Å². The highest BCUT2D eigenvalue weighted by atomic mass is 31.2. The smallest absolute Gasteiger partial charge is 0.394 e. The molecule has 0 amide bonds. The van der Waals surface area contributed by atoms with Crippen molar-refractivity contribution >= 4 is 24.8 Å². The van der Waals surface area contributed by atoms with Crippen molar-refractivity contribution in [1.29, 1.82) is 0 Å². The van der Waals surface area contributed by atoms with Gasteiger partial charge in [0.25, 0.3) is 0 Å². The average Bonchev–Trinajstić information content (AvgIpc) is 3.18. The number of phosphoric ester groups is 1. The van der Waals surface area contributed by atoms with Gasteiger partial charge in [0.1, 0.15) is 30.2 Å². The van der Waals surface area contributed by atoms with E-state index in [0.717, 1.165) is 6.42 Å². The zero-order chi connectivity index (χ0) is 19.6. The second kappa shape index (κ2) is 8.15. The molecule has 0 aliphatic carbocycles. The molecule has 5 N–H and O–H groups in total. The maximum Gasteiger partial charge on any atom is 0.472 e. The predicted molar refractivity (Wildman–Crippen MR) is 92.3 cm³/mol. The number of nitrogens with two attached hydrogens (primary N) is 1. The van der Waals surface area contributed by atoms with Crippen LogP contribution in [0.1, 0.15) is 26.0 Å². The summed E-state index contributed by atoms with van der Waals surface area (Å²) in [5, 5.41) is 20.2. The van der Waals surface area contributed by atoms with Crippen LogP contribution in [0.3, 0.4) is 0 Å². The number of aromatic nitrogens is 4. The summed E-state index contributed by atoms with van der Waals surface area (Å²) in [4.78, 5) is 21.9. The molecule has 27 heavy (non-hydrogen) atoms.